The number of hydrogen-bond acceptors (Lipinski definition) is 3. The monoisotopic (exact) mass is 231 g/mol. The lowest BCUT2D eigenvalue weighted by molar-refractivity contribution is -0.127. The van der Waals surface area contributed by atoms with Crippen molar-refractivity contribution in [1.82, 2.24) is 4.90 Å². The zero-order valence-electron chi connectivity index (χ0n) is 9.66. The molecule has 3 nitrogen and oxygen atoms in total. The average Bonchev–Trinajstić information content (AvgIpc) is 2.58. The highest BCUT2D eigenvalue weighted by atomic mass is 32.2. The minimum absolute atomic E-state index is 0.158. The minimum Gasteiger partial charge on any atom is -0.396 e. The Labute approximate surface area is 96.2 Å². The number of carbonyl (C=O) groups is 1. The standard InChI is InChI=1S/C11H21NO2S/c1-11(2,15-9-8-13)5-7-12-6-3-4-10(12)14/h13H,3-9H2,1-2H3. The minimum atomic E-state index is 0.158. The molecule has 0 unspecified atom stereocenters. The van der Waals surface area contributed by atoms with Gasteiger partial charge >= 0.3 is 0 Å². The van der Waals surface area contributed by atoms with Crippen molar-refractivity contribution in [2.75, 3.05) is 25.4 Å². The van der Waals surface area contributed by atoms with Crippen LogP contribution in [0, 0.1) is 0 Å². The Hall–Kier alpha value is -0.220. The molecule has 0 radical (unpaired) electrons. The van der Waals surface area contributed by atoms with Gasteiger partial charge in [-0.3, -0.25) is 4.79 Å². The van der Waals surface area contributed by atoms with Gasteiger partial charge in [-0.05, 0) is 12.8 Å². The van der Waals surface area contributed by atoms with E-state index in [0.29, 0.717) is 5.91 Å². The maximum Gasteiger partial charge on any atom is 0.222 e. The summed E-state index contributed by atoms with van der Waals surface area (Å²) in [4.78, 5) is 13.3. The van der Waals surface area contributed by atoms with Crippen LogP contribution in [0.5, 0.6) is 0 Å². The highest BCUT2D eigenvalue weighted by molar-refractivity contribution is 8.00. The van der Waals surface area contributed by atoms with Crippen LogP contribution in [0.3, 0.4) is 0 Å². The van der Waals surface area contributed by atoms with Crippen molar-refractivity contribution in [3.63, 3.8) is 0 Å². The molecule has 88 valence electrons. The summed E-state index contributed by atoms with van der Waals surface area (Å²) in [5, 5.41) is 8.77. The topological polar surface area (TPSA) is 40.5 Å². The third-order valence-electron chi connectivity index (χ3n) is 2.74. The second-order valence-corrected chi connectivity index (χ2v) is 6.37. The maximum atomic E-state index is 11.4. The molecule has 0 aromatic heterocycles. The van der Waals surface area contributed by atoms with Gasteiger partial charge in [-0.1, -0.05) is 13.8 Å². The van der Waals surface area contributed by atoms with Crippen molar-refractivity contribution in [2.45, 2.75) is 37.9 Å². The van der Waals surface area contributed by atoms with Gasteiger partial charge in [-0.15, -0.1) is 0 Å². The second kappa shape index (κ2) is 5.75. The first-order valence-electron chi connectivity index (χ1n) is 5.58. The normalized spacial score (nSPS) is 17.5. The average molecular weight is 231 g/mol. The molecule has 15 heavy (non-hydrogen) atoms. The number of hydrogen-bond donors (Lipinski definition) is 1. The molecule has 4 heteroatoms. The van der Waals surface area contributed by atoms with E-state index in [-0.39, 0.29) is 11.4 Å². The highest BCUT2D eigenvalue weighted by Crippen LogP contribution is 2.28. The van der Waals surface area contributed by atoms with Gasteiger partial charge < -0.3 is 10.0 Å². The number of likely N-dealkylation sites (tertiary alicyclic amines) is 1. The summed E-state index contributed by atoms with van der Waals surface area (Å²) in [5.74, 6) is 1.08. The second-order valence-electron chi connectivity index (χ2n) is 4.57. The summed E-state index contributed by atoms with van der Waals surface area (Å²) in [6, 6.07) is 0. The van der Waals surface area contributed by atoms with E-state index in [1.54, 1.807) is 11.8 Å². The lowest BCUT2D eigenvalue weighted by Gasteiger charge is -2.26. The van der Waals surface area contributed by atoms with E-state index in [2.05, 4.69) is 13.8 Å². The maximum absolute atomic E-state index is 11.4. The molecule has 0 spiro atoms. The Kier molecular flexibility index (Phi) is 4.93. The summed E-state index contributed by atoms with van der Waals surface area (Å²) in [5.41, 5.74) is 0. The fourth-order valence-electron chi connectivity index (χ4n) is 1.74. The van der Waals surface area contributed by atoms with Gasteiger partial charge in [0.1, 0.15) is 0 Å². The van der Waals surface area contributed by atoms with E-state index < -0.39 is 0 Å². The largest absolute Gasteiger partial charge is 0.396 e. The van der Waals surface area contributed by atoms with Crippen LogP contribution in [0.15, 0.2) is 0 Å². The summed E-state index contributed by atoms with van der Waals surface area (Å²) in [6.07, 6.45) is 2.75. The predicted molar refractivity (Wildman–Crippen MR) is 64.1 cm³/mol. The lowest BCUT2D eigenvalue weighted by atomic mass is 10.1. The molecule has 0 aromatic carbocycles. The van der Waals surface area contributed by atoms with Gasteiger partial charge in [0.2, 0.25) is 5.91 Å². The molecular weight excluding hydrogens is 210 g/mol. The third-order valence-corrected chi connectivity index (χ3v) is 4.11. The van der Waals surface area contributed by atoms with Crippen molar-refractivity contribution >= 4 is 17.7 Å². The molecule has 1 amide bonds. The van der Waals surface area contributed by atoms with Gasteiger partial charge in [-0.2, -0.15) is 11.8 Å². The van der Waals surface area contributed by atoms with Gasteiger partial charge in [0.15, 0.2) is 0 Å². The summed E-state index contributed by atoms with van der Waals surface area (Å²) in [6.45, 7) is 6.38. The molecule has 1 heterocycles. The molecule has 1 N–H and O–H groups in total. The third kappa shape index (κ3) is 4.43. The number of aliphatic hydroxyl groups excluding tert-OH is 1. The molecule has 1 fully saturated rings. The summed E-state index contributed by atoms with van der Waals surface area (Å²) < 4.78 is 0.158. The van der Waals surface area contributed by atoms with Crippen LogP contribution in [-0.4, -0.2) is 46.1 Å². The smallest absolute Gasteiger partial charge is 0.222 e. The Balaban J connectivity index is 2.25. The Morgan fingerprint density at radius 2 is 2.27 bits per heavy atom. The quantitative estimate of drug-likeness (QED) is 0.753. The van der Waals surface area contributed by atoms with E-state index in [1.165, 1.54) is 0 Å². The molecule has 1 saturated heterocycles. The number of thioether (sulfide) groups is 1. The van der Waals surface area contributed by atoms with Crippen LogP contribution in [-0.2, 0) is 4.79 Å². The number of amides is 1. The van der Waals surface area contributed by atoms with E-state index in [1.807, 2.05) is 4.90 Å². The lowest BCUT2D eigenvalue weighted by Crippen LogP contribution is -2.30. The van der Waals surface area contributed by atoms with Crippen LogP contribution in [0.2, 0.25) is 0 Å². The summed E-state index contributed by atoms with van der Waals surface area (Å²) >= 11 is 1.78. The van der Waals surface area contributed by atoms with Crippen molar-refractivity contribution < 1.29 is 9.90 Å². The molecule has 1 aliphatic heterocycles. The SMILES string of the molecule is CC(C)(CCN1CCCC1=O)SCCO. The first-order valence-corrected chi connectivity index (χ1v) is 6.56. The molecule has 0 bridgehead atoms. The number of nitrogens with zero attached hydrogens (tertiary/aromatic N) is 1. The van der Waals surface area contributed by atoms with Crippen LogP contribution >= 0.6 is 11.8 Å². The van der Waals surface area contributed by atoms with Gasteiger partial charge in [0.25, 0.3) is 0 Å². The van der Waals surface area contributed by atoms with Gasteiger partial charge in [0, 0.05) is 30.0 Å². The zero-order chi connectivity index (χ0) is 11.3. The Morgan fingerprint density at radius 3 is 2.80 bits per heavy atom. The Bertz CT molecular complexity index is 219. The van der Waals surface area contributed by atoms with E-state index >= 15 is 0 Å². The van der Waals surface area contributed by atoms with Crippen molar-refractivity contribution in [3.8, 4) is 0 Å². The molecular formula is C11H21NO2S. The zero-order valence-corrected chi connectivity index (χ0v) is 10.5. The molecule has 1 rings (SSSR count). The van der Waals surface area contributed by atoms with Crippen molar-refractivity contribution in [3.05, 3.63) is 0 Å². The fourth-order valence-corrected chi connectivity index (χ4v) is 2.62. The van der Waals surface area contributed by atoms with E-state index in [0.717, 1.165) is 38.1 Å². The molecule has 0 aromatic rings. The molecule has 0 aliphatic carbocycles. The van der Waals surface area contributed by atoms with Crippen molar-refractivity contribution in [1.29, 1.82) is 0 Å². The number of carbonyl (C=O) groups excluding carboxylic acids is 1. The molecule has 0 saturated carbocycles. The van der Waals surface area contributed by atoms with Gasteiger partial charge in [0.05, 0.1) is 6.61 Å². The predicted octanol–water partition coefficient (Wildman–Crippen LogP) is 1.50. The van der Waals surface area contributed by atoms with Gasteiger partial charge in [-0.25, -0.2) is 0 Å². The fraction of sp³-hybridized carbons (Fsp3) is 0.909. The number of aliphatic hydroxyl groups is 1. The molecule has 0 atom stereocenters. The Morgan fingerprint density at radius 1 is 1.53 bits per heavy atom. The highest BCUT2D eigenvalue weighted by Gasteiger charge is 2.24. The first kappa shape index (κ1) is 12.8. The first-order chi connectivity index (χ1) is 7.05. The van der Waals surface area contributed by atoms with Crippen LogP contribution in [0.1, 0.15) is 33.1 Å². The van der Waals surface area contributed by atoms with Crippen molar-refractivity contribution in [2.24, 2.45) is 0 Å². The number of rotatable bonds is 6. The summed E-state index contributed by atoms with van der Waals surface area (Å²) in [7, 11) is 0. The van der Waals surface area contributed by atoms with E-state index in [9.17, 15) is 4.79 Å². The van der Waals surface area contributed by atoms with Crippen LogP contribution in [0.25, 0.3) is 0 Å². The van der Waals surface area contributed by atoms with E-state index in [4.69, 9.17) is 5.11 Å². The van der Waals surface area contributed by atoms with Crippen LogP contribution < -0.4 is 0 Å². The van der Waals surface area contributed by atoms with Crippen LogP contribution in [0.4, 0.5) is 0 Å². The molecule has 1 aliphatic rings.